The zero-order chi connectivity index (χ0) is 11.1. The Hall–Kier alpha value is -1.69. The number of morpholine rings is 1. The van der Waals surface area contributed by atoms with Crippen LogP contribution in [0.15, 0.2) is 17.4 Å². The van der Waals surface area contributed by atoms with E-state index >= 15 is 0 Å². The Bertz CT molecular complexity index is 416. The first-order valence-corrected chi connectivity index (χ1v) is 5.22. The Morgan fingerprint density at radius 1 is 1.44 bits per heavy atom. The lowest BCUT2D eigenvalue weighted by Gasteiger charge is -2.40. The van der Waals surface area contributed by atoms with Crippen LogP contribution in [0.3, 0.4) is 0 Å². The first kappa shape index (κ1) is 9.53. The van der Waals surface area contributed by atoms with E-state index in [9.17, 15) is 9.59 Å². The molecular weight excluding hydrogens is 210 g/mol. The Morgan fingerprint density at radius 3 is 3.19 bits per heavy atom. The highest BCUT2D eigenvalue weighted by atomic mass is 16.5. The molecule has 3 aliphatic heterocycles. The van der Waals surface area contributed by atoms with E-state index in [-0.39, 0.29) is 18.1 Å². The molecule has 0 saturated carbocycles. The van der Waals surface area contributed by atoms with Gasteiger partial charge in [0.2, 0.25) is 0 Å². The van der Waals surface area contributed by atoms with Crippen molar-refractivity contribution in [2.24, 2.45) is 5.10 Å². The summed E-state index contributed by atoms with van der Waals surface area (Å²) in [5.41, 5.74) is 0. The van der Waals surface area contributed by atoms with Gasteiger partial charge in [0, 0.05) is 12.6 Å². The molecule has 3 aliphatic rings. The molecule has 0 aliphatic carbocycles. The number of nitrogens with zero attached hydrogens (tertiary/aromatic N) is 3. The maximum atomic E-state index is 12.1. The molecule has 0 bridgehead atoms. The van der Waals surface area contributed by atoms with Gasteiger partial charge >= 0.3 is 0 Å². The van der Waals surface area contributed by atoms with E-state index in [2.05, 4.69) is 5.10 Å². The van der Waals surface area contributed by atoms with E-state index in [4.69, 9.17) is 4.74 Å². The fourth-order valence-electron chi connectivity index (χ4n) is 2.08. The third kappa shape index (κ3) is 1.34. The molecule has 1 unspecified atom stereocenters. The van der Waals surface area contributed by atoms with Crippen molar-refractivity contribution < 1.29 is 14.3 Å². The number of ether oxygens (including phenoxy) is 1. The summed E-state index contributed by atoms with van der Waals surface area (Å²) in [6, 6.07) is -0.459. The van der Waals surface area contributed by atoms with Gasteiger partial charge in [0.05, 0.1) is 13.2 Å². The molecule has 3 heterocycles. The lowest BCUT2D eigenvalue weighted by Crippen LogP contribution is -2.58. The molecule has 1 fully saturated rings. The van der Waals surface area contributed by atoms with Gasteiger partial charge in [0.1, 0.15) is 12.6 Å². The minimum atomic E-state index is -0.459. The number of amides is 1. The fraction of sp³-hybridized carbons (Fsp3) is 0.500. The fourth-order valence-corrected chi connectivity index (χ4v) is 2.08. The third-order valence-corrected chi connectivity index (χ3v) is 2.91. The van der Waals surface area contributed by atoms with Crippen molar-refractivity contribution >= 4 is 17.5 Å². The van der Waals surface area contributed by atoms with Crippen molar-refractivity contribution in [2.45, 2.75) is 12.5 Å². The number of rotatable bonds is 0. The largest absolute Gasteiger partial charge is 0.372 e. The zero-order valence-corrected chi connectivity index (χ0v) is 8.63. The molecular formula is C10H11N3O3. The van der Waals surface area contributed by atoms with E-state index in [0.717, 1.165) is 0 Å². The minimum absolute atomic E-state index is 0.0264. The number of amidine groups is 1. The van der Waals surface area contributed by atoms with Crippen LogP contribution in [0.25, 0.3) is 0 Å². The lowest BCUT2D eigenvalue weighted by atomic mass is 10.0. The molecule has 6 nitrogen and oxygen atoms in total. The molecule has 0 spiro atoms. The maximum absolute atomic E-state index is 12.1. The van der Waals surface area contributed by atoms with Crippen molar-refractivity contribution in [3.8, 4) is 0 Å². The monoisotopic (exact) mass is 221 g/mol. The summed E-state index contributed by atoms with van der Waals surface area (Å²) >= 11 is 0. The smallest absolute Gasteiger partial charge is 0.253 e. The number of carbonyl (C=O) groups is 2. The summed E-state index contributed by atoms with van der Waals surface area (Å²) in [6.07, 6.45) is 3.23. The van der Waals surface area contributed by atoms with Crippen LogP contribution < -0.4 is 0 Å². The Morgan fingerprint density at radius 2 is 2.31 bits per heavy atom. The van der Waals surface area contributed by atoms with Crippen molar-refractivity contribution in [1.82, 2.24) is 9.91 Å². The van der Waals surface area contributed by atoms with E-state index in [0.29, 0.717) is 25.6 Å². The van der Waals surface area contributed by atoms with Gasteiger partial charge in [-0.2, -0.15) is 5.10 Å². The second kappa shape index (κ2) is 3.41. The Labute approximate surface area is 92.1 Å². The summed E-state index contributed by atoms with van der Waals surface area (Å²) in [4.78, 5) is 25.0. The van der Waals surface area contributed by atoms with Gasteiger partial charge in [-0.05, 0) is 6.08 Å². The van der Waals surface area contributed by atoms with E-state index in [1.807, 2.05) is 0 Å². The van der Waals surface area contributed by atoms with E-state index in [1.54, 1.807) is 16.1 Å². The predicted molar refractivity (Wildman–Crippen MR) is 54.4 cm³/mol. The first-order valence-electron chi connectivity index (χ1n) is 5.22. The van der Waals surface area contributed by atoms with Gasteiger partial charge in [0.25, 0.3) is 5.91 Å². The molecule has 6 heteroatoms. The lowest BCUT2D eigenvalue weighted by molar-refractivity contribution is -0.138. The molecule has 16 heavy (non-hydrogen) atoms. The standard InChI is InChI=1S/C10H11N3O3/c14-7-1-2-13-8(5-7)10(15)12-3-4-16-6-9(12)11-13/h1-2,8H,3-6H2. The highest BCUT2D eigenvalue weighted by Gasteiger charge is 2.39. The Balaban J connectivity index is 1.97. The topological polar surface area (TPSA) is 62.2 Å². The average molecular weight is 221 g/mol. The molecule has 0 aromatic carbocycles. The second-order valence-corrected chi connectivity index (χ2v) is 3.94. The van der Waals surface area contributed by atoms with Crippen molar-refractivity contribution in [1.29, 1.82) is 0 Å². The molecule has 0 aromatic rings. The van der Waals surface area contributed by atoms with E-state index < -0.39 is 6.04 Å². The SMILES string of the molecule is O=C1C=CN2N=C3COCCN3C(=O)C2C1. The van der Waals surface area contributed by atoms with Gasteiger partial charge in [0.15, 0.2) is 11.6 Å². The zero-order valence-electron chi connectivity index (χ0n) is 8.63. The van der Waals surface area contributed by atoms with Gasteiger partial charge in [-0.1, -0.05) is 0 Å². The number of hydrogen-bond donors (Lipinski definition) is 0. The summed E-state index contributed by atoms with van der Waals surface area (Å²) < 4.78 is 5.25. The van der Waals surface area contributed by atoms with Crippen molar-refractivity contribution in [2.75, 3.05) is 19.8 Å². The maximum Gasteiger partial charge on any atom is 0.253 e. The van der Waals surface area contributed by atoms with Crippen LogP contribution in [0.1, 0.15) is 6.42 Å². The summed E-state index contributed by atoms with van der Waals surface area (Å²) in [6.45, 7) is 1.41. The Kier molecular flexibility index (Phi) is 2.03. The van der Waals surface area contributed by atoms with Crippen LogP contribution in [0.2, 0.25) is 0 Å². The van der Waals surface area contributed by atoms with Crippen LogP contribution in [0.5, 0.6) is 0 Å². The highest BCUT2D eigenvalue weighted by molar-refractivity contribution is 6.05. The van der Waals surface area contributed by atoms with Gasteiger partial charge in [-0.3, -0.25) is 19.5 Å². The number of hydrazone groups is 1. The molecule has 1 amide bonds. The number of ketones is 1. The average Bonchev–Trinajstić information content (AvgIpc) is 2.31. The number of hydrogen-bond acceptors (Lipinski definition) is 5. The van der Waals surface area contributed by atoms with Gasteiger partial charge < -0.3 is 4.74 Å². The molecule has 1 atom stereocenters. The van der Waals surface area contributed by atoms with Crippen LogP contribution in [-0.4, -0.2) is 53.2 Å². The first-order chi connectivity index (χ1) is 7.75. The predicted octanol–water partition coefficient (Wildman–Crippen LogP) is -0.671. The molecule has 0 N–H and O–H groups in total. The van der Waals surface area contributed by atoms with E-state index in [1.165, 1.54) is 6.08 Å². The van der Waals surface area contributed by atoms with Crippen LogP contribution in [0, 0.1) is 0 Å². The van der Waals surface area contributed by atoms with Crippen LogP contribution in [0.4, 0.5) is 0 Å². The van der Waals surface area contributed by atoms with Gasteiger partial charge in [-0.15, -0.1) is 0 Å². The summed E-state index contributed by atoms with van der Waals surface area (Å²) in [5.74, 6) is 0.555. The number of fused-ring (bicyclic) bond motifs is 2. The number of carbonyl (C=O) groups excluding carboxylic acids is 2. The van der Waals surface area contributed by atoms with Crippen molar-refractivity contribution in [3.63, 3.8) is 0 Å². The van der Waals surface area contributed by atoms with Crippen LogP contribution in [-0.2, 0) is 14.3 Å². The van der Waals surface area contributed by atoms with Gasteiger partial charge in [-0.25, -0.2) is 0 Å². The molecule has 3 rings (SSSR count). The number of allylic oxidation sites excluding steroid dienone is 1. The van der Waals surface area contributed by atoms with Crippen molar-refractivity contribution in [3.05, 3.63) is 12.3 Å². The quantitative estimate of drug-likeness (QED) is 0.544. The third-order valence-electron chi connectivity index (χ3n) is 2.91. The molecule has 0 radical (unpaired) electrons. The normalized spacial score (nSPS) is 28.8. The van der Waals surface area contributed by atoms with Crippen LogP contribution >= 0.6 is 0 Å². The molecule has 1 saturated heterocycles. The summed E-state index contributed by atoms with van der Waals surface area (Å²) in [7, 11) is 0. The highest BCUT2D eigenvalue weighted by Crippen LogP contribution is 2.21. The summed E-state index contributed by atoms with van der Waals surface area (Å²) in [5, 5.41) is 5.86. The minimum Gasteiger partial charge on any atom is -0.372 e. The molecule has 84 valence electrons. The second-order valence-electron chi connectivity index (χ2n) is 3.94. The molecule has 0 aromatic heterocycles.